The highest BCUT2D eigenvalue weighted by molar-refractivity contribution is 9.10. The third-order valence-electron chi connectivity index (χ3n) is 2.37. The number of carbonyl (C=O) groups is 2. The standard InChI is InChI=1S/C13H16BrNO3/c14-11-7-5-10(6-8-11)9-18-13(17)4-2-1-3-12(15)16/h5-8H,1-4,9H2,(H2,15,16). The maximum Gasteiger partial charge on any atom is 0.306 e. The topological polar surface area (TPSA) is 69.4 Å². The van der Waals surface area contributed by atoms with E-state index < -0.39 is 0 Å². The van der Waals surface area contributed by atoms with Crippen LogP contribution in [0.5, 0.6) is 0 Å². The number of carbonyl (C=O) groups excluding carboxylic acids is 2. The van der Waals surface area contributed by atoms with Gasteiger partial charge in [-0.1, -0.05) is 28.1 Å². The van der Waals surface area contributed by atoms with Crippen LogP contribution in [0.3, 0.4) is 0 Å². The number of primary amides is 1. The summed E-state index contributed by atoms with van der Waals surface area (Å²) in [6.07, 6.45) is 1.90. The molecule has 98 valence electrons. The molecule has 1 rings (SSSR count). The summed E-state index contributed by atoms with van der Waals surface area (Å²) in [5.74, 6) is -0.583. The predicted octanol–water partition coefficient (Wildman–Crippen LogP) is 2.54. The fourth-order valence-electron chi connectivity index (χ4n) is 1.39. The lowest BCUT2D eigenvalue weighted by Gasteiger charge is -2.04. The SMILES string of the molecule is NC(=O)CCCCC(=O)OCc1ccc(Br)cc1. The molecule has 1 aromatic carbocycles. The summed E-state index contributed by atoms with van der Waals surface area (Å²) in [6, 6.07) is 7.58. The van der Waals surface area contributed by atoms with Crippen LogP contribution < -0.4 is 5.73 Å². The molecule has 0 aliphatic heterocycles. The zero-order valence-corrected chi connectivity index (χ0v) is 11.6. The van der Waals surface area contributed by atoms with E-state index in [2.05, 4.69) is 15.9 Å². The summed E-state index contributed by atoms with van der Waals surface area (Å²) in [5, 5.41) is 0. The van der Waals surface area contributed by atoms with E-state index in [0.29, 0.717) is 25.7 Å². The van der Waals surface area contributed by atoms with Crippen molar-refractivity contribution >= 4 is 27.8 Å². The molecule has 2 N–H and O–H groups in total. The molecule has 4 nitrogen and oxygen atoms in total. The van der Waals surface area contributed by atoms with Gasteiger partial charge in [0.2, 0.25) is 5.91 Å². The van der Waals surface area contributed by atoms with Crippen molar-refractivity contribution in [2.45, 2.75) is 32.3 Å². The third-order valence-corrected chi connectivity index (χ3v) is 2.90. The summed E-state index contributed by atoms with van der Waals surface area (Å²) in [5.41, 5.74) is 5.95. The van der Waals surface area contributed by atoms with E-state index >= 15 is 0 Å². The van der Waals surface area contributed by atoms with Gasteiger partial charge in [0.1, 0.15) is 6.61 Å². The molecule has 0 spiro atoms. The van der Waals surface area contributed by atoms with Gasteiger partial charge < -0.3 is 10.5 Å². The number of esters is 1. The Kier molecular flexibility index (Phi) is 6.43. The maximum absolute atomic E-state index is 11.4. The zero-order valence-electron chi connectivity index (χ0n) is 10.0. The van der Waals surface area contributed by atoms with Crippen molar-refractivity contribution < 1.29 is 14.3 Å². The molecule has 5 heteroatoms. The number of unbranched alkanes of at least 4 members (excludes halogenated alkanes) is 1. The smallest absolute Gasteiger partial charge is 0.306 e. The van der Waals surface area contributed by atoms with Gasteiger partial charge in [0.05, 0.1) is 0 Å². The molecular formula is C13H16BrNO3. The first kappa shape index (κ1) is 14.7. The van der Waals surface area contributed by atoms with Crippen LogP contribution in [0.25, 0.3) is 0 Å². The quantitative estimate of drug-likeness (QED) is 0.621. The van der Waals surface area contributed by atoms with Gasteiger partial charge >= 0.3 is 5.97 Å². The van der Waals surface area contributed by atoms with Crippen molar-refractivity contribution in [2.75, 3.05) is 0 Å². The fraction of sp³-hybridized carbons (Fsp3) is 0.385. The Morgan fingerprint density at radius 1 is 1.11 bits per heavy atom. The molecule has 0 bridgehead atoms. The van der Waals surface area contributed by atoms with Gasteiger partial charge in [-0.2, -0.15) is 0 Å². The van der Waals surface area contributed by atoms with Crippen LogP contribution in [-0.2, 0) is 20.9 Å². The van der Waals surface area contributed by atoms with Gasteiger partial charge in [-0.05, 0) is 30.5 Å². The molecule has 1 amide bonds. The first-order chi connectivity index (χ1) is 8.58. The molecule has 0 aliphatic carbocycles. The number of amides is 1. The Bertz CT molecular complexity index is 403. The second-order valence-corrected chi connectivity index (χ2v) is 4.88. The van der Waals surface area contributed by atoms with Crippen LogP contribution in [0.15, 0.2) is 28.7 Å². The summed E-state index contributed by atoms with van der Waals surface area (Å²) < 4.78 is 6.09. The lowest BCUT2D eigenvalue weighted by molar-refractivity contribution is -0.145. The Morgan fingerprint density at radius 2 is 1.72 bits per heavy atom. The highest BCUT2D eigenvalue weighted by atomic mass is 79.9. The second-order valence-electron chi connectivity index (χ2n) is 3.96. The van der Waals surface area contributed by atoms with Crippen LogP contribution >= 0.6 is 15.9 Å². The third kappa shape index (κ3) is 6.39. The summed E-state index contributed by atoms with van der Waals surface area (Å²) in [6.45, 7) is 0.280. The number of hydrogen-bond acceptors (Lipinski definition) is 3. The summed E-state index contributed by atoms with van der Waals surface area (Å²) in [4.78, 5) is 21.9. The van der Waals surface area contributed by atoms with Crippen LogP contribution in [0, 0.1) is 0 Å². The molecule has 0 radical (unpaired) electrons. The van der Waals surface area contributed by atoms with Crippen molar-refractivity contribution in [2.24, 2.45) is 5.73 Å². The second kappa shape index (κ2) is 7.87. The molecule has 1 aromatic rings. The average molecular weight is 314 g/mol. The Labute approximate surface area is 115 Å². The molecule has 0 unspecified atom stereocenters. The van der Waals surface area contributed by atoms with Crippen molar-refractivity contribution in [1.29, 1.82) is 0 Å². The Balaban J connectivity index is 2.17. The Hall–Kier alpha value is -1.36. The largest absolute Gasteiger partial charge is 0.461 e. The molecule has 0 heterocycles. The maximum atomic E-state index is 11.4. The minimum absolute atomic E-state index is 0.248. The van der Waals surface area contributed by atoms with E-state index in [1.165, 1.54) is 0 Å². The number of nitrogens with two attached hydrogens (primary N) is 1. The summed E-state index contributed by atoms with van der Waals surface area (Å²) in [7, 11) is 0. The normalized spacial score (nSPS) is 10.1. The van der Waals surface area contributed by atoms with E-state index in [1.807, 2.05) is 24.3 Å². The minimum atomic E-state index is -0.335. The predicted molar refractivity (Wildman–Crippen MR) is 71.6 cm³/mol. The first-order valence-corrected chi connectivity index (χ1v) is 6.55. The number of halogens is 1. The van der Waals surface area contributed by atoms with Gasteiger partial charge in [0, 0.05) is 17.3 Å². The monoisotopic (exact) mass is 313 g/mol. The van der Waals surface area contributed by atoms with Gasteiger partial charge in [0.25, 0.3) is 0 Å². The van der Waals surface area contributed by atoms with Crippen molar-refractivity contribution in [1.82, 2.24) is 0 Å². The van der Waals surface area contributed by atoms with Crippen molar-refractivity contribution in [3.8, 4) is 0 Å². The zero-order chi connectivity index (χ0) is 13.4. The molecular weight excluding hydrogens is 298 g/mol. The van der Waals surface area contributed by atoms with Crippen LogP contribution in [-0.4, -0.2) is 11.9 Å². The minimum Gasteiger partial charge on any atom is -0.461 e. The lowest BCUT2D eigenvalue weighted by Crippen LogP contribution is -2.10. The lowest BCUT2D eigenvalue weighted by atomic mass is 10.2. The molecule has 0 saturated carbocycles. The highest BCUT2D eigenvalue weighted by Gasteiger charge is 2.04. The molecule has 18 heavy (non-hydrogen) atoms. The van der Waals surface area contributed by atoms with E-state index in [4.69, 9.17) is 10.5 Å². The van der Waals surface area contributed by atoms with Gasteiger partial charge in [-0.3, -0.25) is 9.59 Å². The molecule has 0 aliphatic rings. The fourth-order valence-corrected chi connectivity index (χ4v) is 1.65. The van der Waals surface area contributed by atoms with Gasteiger partial charge in [0.15, 0.2) is 0 Å². The Morgan fingerprint density at radius 3 is 2.33 bits per heavy atom. The van der Waals surface area contributed by atoms with E-state index in [-0.39, 0.29) is 18.5 Å². The van der Waals surface area contributed by atoms with Crippen molar-refractivity contribution in [3.05, 3.63) is 34.3 Å². The number of rotatable bonds is 7. The van der Waals surface area contributed by atoms with Gasteiger partial charge in [-0.15, -0.1) is 0 Å². The van der Waals surface area contributed by atoms with Crippen LogP contribution in [0.1, 0.15) is 31.2 Å². The van der Waals surface area contributed by atoms with Crippen LogP contribution in [0.2, 0.25) is 0 Å². The first-order valence-electron chi connectivity index (χ1n) is 5.76. The van der Waals surface area contributed by atoms with Crippen LogP contribution in [0.4, 0.5) is 0 Å². The molecule has 0 aromatic heterocycles. The molecule has 0 fully saturated rings. The average Bonchev–Trinajstić information content (AvgIpc) is 2.34. The number of hydrogen-bond donors (Lipinski definition) is 1. The van der Waals surface area contributed by atoms with Crippen molar-refractivity contribution in [3.63, 3.8) is 0 Å². The number of ether oxygens (including phenoxy) is 1. The highest BCUT2D eigenvalue weighted by Crippen LogP contribution is 2.11. The molecule has 0 saturated heterocycles. The summed E-state index contributed by atoms with van der Waals surface area (Å²) >= 11 is 3.33. The van der Waals surface area contributed by atoms with Gasteiger partial charge in [-0.25, -0.2) is 0 Å². The van der Waals surface area contributed by atoms with E-state index in [0.717, 1.165) is 10.0 Å². The molecule has 0 atom stereocenters. The van der Waals surface area contributed by atoms with E-state index in [1.54, 1.807) is 0 Å². The van der Waals surface area contributed by atoms with E-state index in [9.17, 15) is 9.59 Å². The number of benzene rings is 1.